The molecular formula is C9H12N6O. The van der Waals surface area contributed by atoms with Crippen molar-refractivity contribution in [3.63, 3.8) is 0 Å². The Hall–Kier alpha value is -1.89. The molecule has 3 rings (SSSR count). The van der Waals surface area contributed by atoms with Crippen LogP contribution in [0.2, 0.25) is 0 Å². The molecule has 2 aromatic rings. The number of aromatic nitrogens is 5. The van der Waals surface area contributed by atoms with E-state index >= 15 is 0 Å². The first kappa shape index (κ1) is 9.34. The summed E-state index contributed by atoms with van der Waals surface area (Å²) >= 11 is 0. The minimum Gasteiger partial charge on any atom is -0.372 e. The third kappa shape index (κ3) is 1.65. The predicted octanol–water partition coefficient (Wildman–Crippen LogP) is -0.252. The van der Waals surface area contributed by atoms with E-state index in [4.69, 9.17) is 4.74 Å². The van der Waals surface area contributed by atoms with Crippen LogP contribution in [0.3, 0.4) is 0 Å². The van der Waals surface area contributed by atoms with Crippen molar-refractivity contribution < 1.29 is 4.74 Å². The van der Waals surface area contributed by atoms with Gasteiger partial charge in [-0.3, -0.25) is 0 Å². The summed E-state index contributed by atoms with van der Waals surface area (Å²) in [7, 11) is 0. The Morgan fingerprint density at radius 1 is 1.38 bits per heavy atom. The van der Waals surface area contributed by atoms with E-state index in [-0.39, 0.29) is 0 Å². The fourth-order valence-electron chi connectivity index (χ4n) is 1.76. The number of ether oxygens (including phenoxy) is 1. The van der Waals surface area contributed by atoms with Crippen LogP contribution in [0.25, 0.3) is 0 Å². The summed E-state index contributed by atoms with van der Waals surface area (Å²) in [5, 5.41) is 7.44. The molecular weight excluding hydrogens is 208 g/mol. The van der Waals surface area contributed by atoms with Gasteiger partial charge in [-0.15, -0.1) is 10.2 Å². The molecule has 0 atom stereocenters. The van der Waals surface area contributed by atoms with Crippen LogP contribution in [0.15, 0.2) is 18.9 Å². The Kier molecular flexibility index (Phi) is 2.30. The van der Waals surface area contributed by atoms with Gasteiger partial charge in [-0.2, -0.15) is 0 Å². The first-order valence-electron chi connectivity index (χ1n) is 5.13. The van der Waals surface area contributed by atoms with Crippen LogP contribution in [-0.4, -0.2) is 31.0 Å². The second kappa shape index (κ2) is 3.93. The zero-order valence-electron chi connectivity index (χ0n) is 8.70. The zero-order chi connectivity index (χ0) is 10.8. The van der Waals surface area contributed by atoms with Gasteiger partial charge in [-0.25, -0.2) is 9.66 Å². The smallest absolute Gasteiger partial charge is 0.138 e. The van der Waals surface area contributed by atoms with E-state index in [0.29, 0.717) is 13.2 Å². The molecule has 0 spiro atoms. The lowest BCUT2D eigenvalue weighted by Crippen LogP contribution is -2.21. The Bertz CT molecular complexity index is 462. The van der Waals surface area contributed by atoms with Crippen LogP contribution in [0, 0.1) is 0 Å². The highest BCUT2D eigenvalue weighted by atomic mass is 16.5. The maximum Gasteiger partial charge on any atom is 0.138 e. The van der Waals surface area contributed by atoms with E-state index < -0.39 is 0 Å². The van der Waals surface area contributed by atoms with E-state index in [9.17, 15) is 0 Å². The second-order valence-electron chi connectivity index (χ2n) is 3.57. The summed E-state index contributed by atoms with van der Waals surface area (Å²) in [5.41, 5.74) is 4.31. The molecule has 0 amide bonds. The molecule has 84 valence electrons. The van der Waals surface area contributed by atoms with Gasteiger partial charge in [0.1, 0.15) is 25.1 Å². The van der Waals surface area contributed by atoms with E-state index in [0.717, 1.165) is 24.7 Å². The quantitative estimate of drug-likeness (QED) is 0.772. The number of fused-ring (bicyclic) bond motifs is 1. The first-order chi connectivity index (χ1) is 7.93. The topological polar surface area (TPSA) is 69.8 Å². The van der Waals surface area contributed by atoms with Crippen LogP contribution in [0.5, 0.6) is 0 Å². The molecule has 0 radical (unpaired) electrons. The van der Waals surface area contributed by atoms with Gasteiger partial charge < -0.3 is 14.7 Å². The molecule has 7 nitrogen and oxygen atoms in total. The summed E-state index contributed by atoms with van der Waals surface area (Å²) in [5.74, 6) is 0.992. The maximum absolute atomic E-state index is 5.33. The van der Waals surface area contributed by atoms with Crippen LogP contribution in [-0.2, 0) is 24.4 Å². The fraction of sp³-hybridized carbons (Fsp3) is 0.444. The molecule has 0 aliphatic carbocycles. The van der Waals surface area contributed by atoms with E-state index in [2.05, 4.69) is 25.2 Å². The molecule has 1 aliphatic heterocycles. The van der Waals surface area contributed by atoms with Crippen LogP contribution in [0.1, 0.15) is 11.5 Å². The lowest BCUT2D eigenvalue weighted by Gasteiger charge is -2.17. The molecule has 0 fully saturated rings. The van der Waals surface area contributed by atoms with Crippen molar-refractivity contribution in [2.24, 2.45) is 0 Å². The SMILES string of the molecule is c1nc2n(c1CNn1cnnc1)CCOC2. The highest BCUT2D eigenvalue weighted by molar-refractivity contribution is 5.07. The standard InChI is InChI=1S/C9H12N6O/c1-2-16-5-9-10-3-8(15(1)9)4-13-14-6-11-12-7-14/h3,6-7,13H,1-2,4-5H2. The molecule has 0 unspecified atom stereocenters. The van der Waals surface area contributed by atoms with Gasteiger partial charge in [0.05, 0.1) is 25.0 Å². The lowest BCUT2D eigenvalue weighted by atomic mass is 10.4. The molecule has 2 aromatic heterocycles. The van der Waals surface area contributed by atoms with Crippen LogP contribution >= 0.6 is 0 Å². The zero-order valence-corrected chi connectivity index (χ0v) is 8.70. The van der Waals surface area contributed by atoms with Crippen molar-refractivity contribution in [1.82, 2.24) is 24.4 Å². The summed E-state index contributed by atoms with van der Waals surface area (Å²) in [6.45, 7) is 2.93. The van der Waals surface area contributed by atoms with Crippen molar-refractivity contribution in [2.75, 3.05) is 12.0 Å². The van der Waals surface area contributed by atoms with Crippen molar-refractivity contribution in [3.05, 3.63) is 30.4 Å². The largest absolute Gasteiger partial charge is 0.372 e. The third-order valence-electron chi connectivity index (χ3n) is 2.57. The van der Waals surface area contributed by atoms with Crippen LogP contribution in [0.4, 0.5) is 0 Å². The normalized spacial score (nSPS) is 14.8. The van der Waals surface area contributed by atoms with Gasteiger partial charge in [0.2, 0.25) is 0 Å². The number of nitrogens with one attached hydrogen (secondary N) is 1. The summed E-state index contributed by atoms with van der Waals surface area (Å²) in [6, 6.07) is 0. The predicted molar refractivity (Wildman–Crippen MR) is 55.0 cm³/mol. The minimum atomic E-state index is 0.604. The van der Waals surface area contributed by atoms with Crippen molar-refractivity contribution in [1.29, 1.82) is 0 Å². The van der Waals surface area contributed by atoms with Gasteiger partial charge in [-0.05, 0) is 0 Å². The number of imidazole rings is 1. The molecule has 0 saturated carbocycles. The molecule has 0 saturated heterocycles. The highest BCUT2D eigenvalue weighted by Crippen LogP contribution is 2.11. The van der Waals surface area contributed by atoms with Gasteiger partial charge >= 0.3 is 0 Å². The number of rotatable bonds is 3. The monoisotopic (exact) mass is 220 g/mol. The average molecular weight is 220 g/mol. The van der Waals surface area contributed by atoms with E-state index in [1.54, 1.807) is 17.3 Å². The molecule has 0 aromatic carbocycles. The molecule has 7 heteroatoms. The Morgan fingerprint density at radius 2 is 2.25 bits per heavy atom. The second-order valence-corrected chi connectivity index (χ2v) is 3.57. The molecule has 16 heavy (non-hydrogen) atoms. The fourth-order valence-corrected chi connectivity index (χ4v) is 1.76. The summed E-state index contributed by atoms with van der Waals surface area (Å²) < 4.78 is 9.23. The molecule has 3 heterocycles. The van der Waals surface area contributed by atoms with Crippen molar-refractivity contribution in [2.45, 2.75) is 19.7 Å². The molecule has 1 aliphatic rings. The van der Waals surface area contributed by atoms with Crippen LogP contribution < -0.4 is 5.43 Å². The van der Waals surface area contributed by atoms with Crippen molar-refractivity contribution >= 4 is 0 Å². The van der Waals surface area contributed by atoms with Gasteiger partial charge in [0, 0.05) is 6.54 Å². The van der Waals surface area contributed by atoms with E-state index in [1.807, 2.05) is 6.20 Å². The number of nitrogens with zero attached hydrogens (tertiary/aromatic N) is 5. The maximum atomic E-state index is 5.33. The highest BCUT2D eigenvalue weighted by Gasteiger charge is 2.13. The number of hydrogen-bond donors (Lipinski definition) is 1. The molecule has 1 N–H and O–H groups in total. The van der Waals surface area contributed by atoms with Gasteiger partial charge in [0.15, 0.2) is 0 Å². The molecule has 0 bridgehead atoms. The summed E-state index contributed by atoms with van der Waals surface area (Å²) in [4.78, 5) is 4.31. The lowest BCUT2D eigenvalue weighted by molar-refractivity contribution is 0.0807. The Labute approximate surface area is 92.0 Å². The van der Waals surface area contributed by atoms with E-state index in [1.165, 1.54) is 0 Å². The van der Waals surface area contributed by atoms with Gasteiger partial charge in [-0.1, -0.05) is 0 Å². The Morgan fingerprint density at radius 3 is 3.12 bits per heavy atom. The van der Waals surface area contributed by atoms with Crippen molar-refractivity contribution in [3.8, 4) is 0 Å². The minimum absolute atomic E-state index is 0.604. The summed E-state index contributed by atoms with van der Waals surface area (Å²) in [6.07, 6.45) is 5.12. The average Bonchev–Trinajstić information content (AvgIpc) is 2.96. The first-order valence-corrected chi connectivity index (χ1v) is 5.13. The van der Waals surface area contributed by atoms with Gasteiger partial charge in [0.25, 0.3) is 0 Å². The number of hydrogen-bond acceptors (Lipinski definition) is 5. The Balaban J connectivity index is 1.72. The third-order valence-corrected chi connectivity index (χ3v) is 2.57.